The third-order valence-electron chi connectivity index (χ3n) is 5.04. The molecule has 2 amide bonds. The monoisotopic (exact) mass is 345 g/mol. The van der Waals surface area contributed by atoms with Crippen molar-refractivity contribution in [2.24, 2.45) is 5.92 Å². The molecule has 1 saturated heterocycles. The lowest BCUT2D eigenvalue weighted by atomic mass is 9.96. The summed E-state index contributed by atoms with van der Waals surface area (Å²) in [6.07, 6.45) is 2.16. The Labute approximate surface area is 151 Å². The Balaban J connectivity index is 1.98. The Kier molecular flexibility index (Phi) is 6.59. The Morgan fingerprint density at radius 1 is 1.24 bits per heavy atom. The number of hydrogen-bond donors (Lipinski definition) is 2. The van der Waals surface area contributed by atoms with Crippen LogP contribution in [0.3, 0.4) is 0 Å². The summed E-state index contributed by atoms with van der Waals surface area (Å²) in [5.74, 6) is 0.458. The lowest BCUT2D eigenvalue weighted by Crippen LogP contribution is -2.48. The minimum absolute atomic E-state index is 0.00763. The molecular weight excluding hydrogens is 314 g/mol. The fourth-order valence-corrected chi connectivity index (χ4v) is 3.67. The van der Waals surface area contributed by atoms with Crippen LogP contribution in [-0.2, 0) is 9.59 Å². The van der Waals surface area contributed by atoms with E-state index < -0.39 is 0 Å². The van der Waals surface area contributed by atoms with Gasteiger partial charge in [0, 0.05) is 25.7 Å². The maximum Gasteiger partial charge on any atom is 0.241 e. The maximum absolute atomic E-state index is 12.8. The second kappa shape index (κ2) is 8.48. The van der Waals surface area contributed by atoms with Crippen LogP contribution in [0, 0.1) is 26.7 Å². The van der Waals surface area contributed by atoms with E-state index in [9.17, 15) is 9.59 Å². The summed E-state index contributed by atoms with van der Waals surface area (Å²) in [7, 11) is 0. The first-order valence-corrected chi connectivity index (χ1v) is 9.15. The van der Waals surface area contributed by atoms with E-state index in [1.54, 1.807) is 6.92 Å². The molecule has 1 aromatic carbocycles. The van der Waals surface area contributed by atoms with E-state index in [2.05, 4.69) is 34.6 Å². The Hall–Kier alpha value is -1.88. The number of anilines is 1. The van der Waals surface area contributed by atoms with Gasteiger partial charge in [-0.15, -0.1) is 0 Å². The van der Waals surface area contributed by atoms with Crippen molar-refractivity contribution in [3.63, 3.8) is 0 Å². The molecule has 2 unspecified atom stereocenters. The zero-order valence-electron chi connectivity index (χ0n) is 16.1. The van der Waals surface area contributed by atoms with Gasteiger partial charge in [-0.1, -0.05) is 17.7 Å². The molecule has 1 fully saturated rings. The first-order valence-electron chi connectivity index (χ1n) is 9.15. The van der Waals surface area contributed by atoms with Crippen molar-refractivity contribution in [3.05, 3.63) is 28.8 Å². The molecule has 138 valence electrons. The number of carbonyl (C=O) groups is 2. The fraction of sp³-hybridized carbons (Fsp3) is 0.600. The van der Waals surface area contributed by atoms with Crippen LogP contribution in [-0.4, -0.2) is 42.4 Å². The van der Waals surface area contributed by atoms with Gasteiger partial charge in [-0.05, 0) is 64.1 Å². The Morgan fingerprint density at radius 3 is 2.48 bits per heavy atom. The van der Waals surface area contributed by atoms with Gasteiger partial charge in [-0.25, -0.2) is 0 Å². The third kappa shape index (κ3) is 5.30. The first kappa shape index (κ1) is 19.4. The van der Waals surface area contributed by atoms with E-state index >= 15 is 0 Å². The number of nitrogens with one attached hydrogen (secondary N) is 2. The average Bonchev–Trinajstić information content (AvgIpc) is 2.55. The van der Waals surface area contributed by atoms with Crippen LogP contribution in [0.1, 0.15) is 43.4 Å². The van der Waals surface area contributed by atoms with Crippen molar-refractivity contribution in [3.8, 4) is 0 Å². The van der Waals surface area contributed by atoms with Crippen molar-refractivity contribution < 1.29 is 9.59 Å². The minimum Gasteiger partial charge on any atom is -0.356 e. The van der Waals surface area contributed by atoms with Gasteiger partial charge in [0.15, 0.2) is 0 Å². The topological polar surface area (TPSA) is 61.4 Å². The molecule has 0 radical (unpaired) electrons. The number of aryl methyl sites for hydroxylation is 3. The molecule has 2 atom stereocenters. The highest BCUT2D eigenvalue weighted by atomic mass is 16.2. The van der Waals surface area contributed by atoms with Gasteiger partial charge in [0.05, 0.1) is 6.04 Å². The summed E-state index contributed by atoms with van der Waals surface area (Å²) in [6, 6.07) is 4.01. The predicted octanol–water partition coefficient (Wildman–Crippen LogP) is 2.79. The van der Waals surface area contributed by atoms with Crippen LogP contribution < -0.4 is 10.6 Å². The Bertz CT molecular complexity index is 619. The minimum atomic E-state index is -0.180. The molecule has 0 spiro atoms. The zero-order chi connectivity index (χ0) is 18.6. The molecule has 5 nitrogen and oxygen atoms in total. The number of hydrogen-bond acceptors (Lipinski definition) is 3. The van der Waals surface area contributed by atoms with Gasteiger partial charge in [0.2, 0.25) is 11.8 Å². The second-order valence-electron chi connectivity index (χ2n) is 7.38. The van der Waals surface area contributed by atoms with E-state index in [1.165, 1.54) is 5.56 Å². The van der Waals surface area contributed by atoms with Crippen LogP contribution in [0.5, 0.6) is 0 Å². The van der Waals surface area contributed by atoms with Crippen molar-refractivity contribution in [2.45, 2.75) is 53.5 Å². The molecular formula is C20H31N3O2. The van der Waals surface area contributed by atoms with Gasteiger partial charge in [0.1, 0.15) is 0 Å². The summed E-state index contributed by atoms with van der Waals surface area (Å²) < 4.78 is 0. The largest absolute Gasteiger partial charge is 0.356 e. The number of rotatable bonds is 5. The van der Waals surface area contributed by atoms with Crippen molar-refractivity contribution >= 4 is 17.5 Å². The van der Waals surface area contributed by atoms with Crippen LogP contribution in [0.15, 0.2) is 12.1 Å². The third-order valence-corrected chi connectivity index (χ3v) is 5.04. The van der Waals surface area contributed by atoms with Gasteiger partial charge in [-0.2, -0.15) is 0 Å². The highest BCUT2D eigenvalue weighted by molar-refractivity contribution is 5.96. The molecule has 5 heteroatoms. The summed E-state index contributed by atoms with van der Waals surface area (Å²) in [5.41, 5.74) is 4.33. The van der Waals surface area contributed by atoms with E-state index in [4.69, 9.17) is 0 Å². The van der Waals surface area contributed by atoms with Crippen molar-refractivity contribution in [1.82, 2.24) is 10.2 Å². The first-order chi connectivity index (χ1) is 11.8. The number of benzene rings is 1. The Morgan fingerprint density at radius 2 is 1.88 bits per heavy atom. The molecule has 1 heterocycles. The van der Waals surface area contributed by atoms with E-state index in [0.717, 1.165) is 42.7 Å². The normalized spacial score (nSPS) is 19.3. The molecule has 0 aliphatic carbocycles. The van der Waals surface area contributed by atoms with E-state index in [0.29, 0.717) is 12.5 Å². The summed E-state index contributed by atoms with van der Waals surface area (Å²) >= 11 is 0. The number of carbonyl (C=O) groups excluding carboxylic acids is 2. The van der Waals surface area contributed by atoms with Gasteiger partial charge in [0.25, 0.3) is 0 Å². The lowest BCUT2D eigenvalue weighted by Gasteiger charge is -2.36. The number of piperidine rings is 1. The lowest BCUT2D eigenvalue weighted by molar-refractivity contribution is -0.122. The van der Waals surface area contributed by atoms with Crippen LogP contribution in [0.2, 0.25) is 0 Å². The SMILES string of the molecule is CC(=O)NCC1CCCN(C(C)C(=O)Nc2c(C)cc(C)cc2C)C1. The molecule has 2 rings (SSSR count). The van der Waals surface area contributed by atoms with Gasteiger partial charge >= 0.3 is 0 Å². The van der Waals surface area contributed by atoms with Crippen LogP contribution >= 0.6 is 0 Å². The number of likely N-dealkylation sites (tertiary alicyclic amines) is 1. The highest BCUT2D eigenvalue weighted by Crippen LogP contribution is 2.23. The molecule has 25 heavy (non-hydrogen) atoms. The number of amides is 2. The average molecular weight is 345 g/mol. The molecule has 0 saturated carbocycles. The zero-order valence-corrected chi connectivity index (χ0v) is 16.1. The van der Waals surface area contributed by atoms with Crippen molar-refractivity contribution in [1.29, 1.82) is 0 Å². The number of nitrogens with zero attached hydrogens (tertiary/aromatic N) is 1. The van der Waals surface area contributed by atoms with Crippen LogP contribution in [0.4, 0.5) is 5.69 Å². The van der Waals surface area contributed by atoms with E-state index in [1.807, 2.05) is 20.8 Å². The quantitative estimate of drug-likeness (QED) is 0.863. The summed E-state index contributed by atoms with van der Waals surface area (Å²) in [6.45, 7) is 12.1. The molecule has 0 aromatic heterocycles. The van der Waals surface area contributed by atoms with Crippen LogP contribution in [0.25, 0.3) is 0 Å². The molecule has 0 bridgehead atoms. The maximum atomic E-state index is 12.8. The second-order valence-corrected chi connectivity index (χ2v) is 7.38. The predicted molar refractivity (Wildman–Crippen MR) is 102 cm³/mol. The summed E-state index contributed by atoms with van der Waals surface area (Å²) in [4.78, 5) is 26.1. The molecule has 1 aliphatic rings. The van der Waals surface area contributed by atoms with Gasteiger partial charge in [-0.3, -0.25) is 14.5 Å². The highest BCUT2D eigenvalue weighted by Gasteiger charge is 2.27. The molecule has 1 aliphatic heterocycles. The fourth-order valence-electron chi connectivity index (χ4n) is 3.67. The van der Waals surface area contributed by atoms with Gasteiger partial charge < -0.3 is 10.6 Å². The standard InChI is InChI=1S/C20H31N3O2/c1-13-9-14(2)19(15(3)10-13)22-20(25)16(4)23-8-6-7-18(12-23)11-21-17(5)24/h9-10,16,18H,6-8,11-12H2,1-5H3,(H,21,24)(H,22,25). The molecule has 2 N–H and O–H groups in total. The molecule has 1 aromatic rings. The van der Waals surface area contributed by atoms with Crippen molar-refractivity contribution in [2.75, 3.05) is 25.0 Å². The van der Waals surface area contributed by atoms with E-state index in [-0.39, 0.29) is 17.9 Å². The smallest absolute Gasteiger partial charge is 0.241 e. The summed E-state index contributed by atoms with van der Waals surface area (Å²) in [5, 5.41) is 6.02.